The number of piperazine rings is 1. The summed E-state index contributed by atoms with van der Waals surface area (Å²) in [4.78, 5) is 35.1. The summed E-state index contributed by atoms with van der Waals surface area (Å²) >= 11 is 0. The minimum Gasteiger partial charge on any atom is -0.385 e. The summed E-state index contributed by atoms with van der Waals surface area (Å²) < 4.78 is 14.7. The monoisotopic (exact) mass is 447 g/mol. The lowest BCUT2D eigenvalue weighted by Gasteiger charge is -2.38. The Hall–Kier alpha value is -3.41. The van der Waals surface area contributed by atoms with Gasteiger partial charge in [-0.15, -0.1) is 0 Å². The van der Waals surface area contributed by atoms with Crippen molar-refractivity contribution in [2.45, 2.75) is 12.8 Å². The average Bonchev–Trinajstić information content (AvgIpc) is 2.73. The van der Waals surface area contributed by atoms with Gasteiger partial charge in [0.2, 0.25) is 5.91 Å². The highest BCUT2D eigenvalue weighted by molar-refractivity contribution is 6.24. The van der Waals surface area contributed by atoms with Gasteiger partial charge in [-0.1, -0.05) is 0 Å². The number of nitrogens with two attached hydrogens (primary N) is 3. The predicted octanol–water partition coefficient (Wildman–Crippen LogP) is -0.785. The first kappa shape index (κ1) is 23.3. The molecule has 11 nitrogen and oxygen atoms in total. The molecule has 0 unspecified atom stereocenters. The first-order valence-electron chi connectivity index (χ1n) is 10.5. The standard InChI is InChI=1S/C20H30FN9O2/c1-28-6-8-30(9-7-28)20(32)12-2-4-29(5-3-12)16-13(21)10-26-11-14(16)27-19(31)15(17(22)23)18(24)25/h10-12H,2-9,22-23H2,1H3,(H3,24,25)(H,27,31). The Labute approximate surface area is 185 Å². The second kappa shape index (κ2) is 9.81. The maximum atomic E-state index is 14.7. The van der Waals surface area contributed by atoms with E-state index < -0.39 is 29.0 Å². The van der Waals surface area contributed by atoms with Crippen LogP contribution in [0.3, 0.4) is 0 Å². The molecule has 174 valence electrons. The van der Waals surface area contributed by atoms with Crippen LogP contribution in [0.2, 0.25) is 0 Å². The first-order valence-corrected chi connectivity index (χ1v) is 10.5. The van der Waals surface area contributed by atoms with E-state index in [4.69, 9.17) is 22.6 Å². The molecule has 0 aliphatic carbocycles. The fourth-order valence-electron chi connectivity index (χ4n) is 4.07. The van der Waals surface area contributed by atoms with E-state index in [1.165, 1.54) is 6.20 Å². The van der Waals surface area contributed by atoms with Crippen molar-refractivity contribution in [1.29, 1.82) is 5.41 Å². The van der Waals surface area contributed by atoms with Gasteiger partial charge in [-0.05, 0) is 19.9 Å². The number of amides is 2. The molecule has 0 spiro atoms. The normalized spacial score (nSPS) is 17.7. The first-order chi connectivity index (χ1) is 15.2. The number of pyridine rings is 1. The summed E-state index contributed by atoms with van der Waals surface area (Å²) in [5.41, 5.74) is 16.2. The lowest BCUT2D eigenvalue weighted by Crippen LogP contribution is -2.50. The van der Waals surface area contributed by atoms with Crippen LogP contribution < -0.4 is 27.4 Å². The van der Waals surface area contributed by atoms with Crippen LogP contribution in [-0.2, 0) is 9.59 Å². The molecule has 0 atom stereocenters. The zero-order chi connectivity index (χ0) is 23.4. The average molecular weight is 448 g/mol. The lowest BCUT2D eigenvalue weighted by atomic mass is 9.94. The zero-order valence-electron chi connectivity index (χ0n) is 18.1. The van der Waals surface area contributed by atoms with Crippen LogP contribution in [0.4, 0.5) is 15.8 Å². The van der Waals surface area contributed by atoms with Gasteiger partial charge in [0.05, 0.1) is 18.1 Å². The fourth-order valence-corrected chi connectivity index (χ4v) is 4.07. The smallest absolute Gasteiger partial charge is 0.263 e. The summed E-state index contributed by atoms with van der Waals surface area (Å²) in [6.45, 7) is 4.06. The highest BCUT2D eigenvalue weighted by Crippen LogP contribution is 2.32. The van der Waals surface area contributed by atoms with Crippen molar-refractivity contribution in [3.05, 3.63) is 29.6 Å². The molecule has 3 rings (SSSR count). The van der Waals surface area contributed by atoms with E-state index in [-0.39, 0.29) is 23.2 Å². The van der Waals surface area contributed by atoms with Crippen molar-refractivity contribution in [2.24, 2.45) is 23.1 Å². The highest BCUT2D eigenvalue weighted by atomic mass is 19.1. The number of nitrogens with zero attached hydrogens (tertiary/aromatic N) is 4. The van der Waals surface area contributed by atoms with E-state index in [1.807, 2.05) is 11.9 Å². The van der Waals surface area contributed by atoms with Crippen LogP contribution in [-0.4, -0.2) is 78.7 Å². The molecule has 0 saturated carbocycles. The van der Waals surface area contributed by atoms with Gasteiger partial charge in [0, 0.05) is 45.2 Å². The molecule has 1 aromatic heterocycles. The molecule has 3 heterocycles. The van der Waals surface area contributed by atoms with Gasteiger partial charge < -0.3 is 37.2 Å². The van der Waals surface area contributed by atoms with Crippen molar-refractivity contribution in [3.63, 3.8) is 0 Å². The van der Waals surface area contributed by atoms with E-state index in [0.29, 0.717) is 25.9 Å². The fraction of sp³-hybridized carbons (Fsp3) is 0.500. The van der Waals surface area contributed by atoms with Crippen LogP contribution in [0.15, 0.2) is 23.8 Å². The molecule has 2 saturated heterocycles. The minimum atomic E-state index is -0.828. The number of amidine groups is 1. The molecule has 12 heteroatoms. The number of anilines is 2. The van der Waals surface area contributed by atoms with Crippen LogP contribution in [0.1, 0.15) is 12.8 Å². The number of likely N-dealkylation sites (N-methyl/N-ethyl adjacent to an activating group) is 1. The van der Waals surface area contributed by atoms with Crippen LogP contribution >= 0.6 is 0 Å². The Morgan fingerprint density at radius 1 is 1.09 bits per heavy atom. The molecule has 32 heavy (non-hydrogen) atoms. The Morgan fingerprint density at radius 2 is 1.72 bits per heavy atom. The molecule has 1 aromatic rings. The van der Waals surface area contributed by atoms with Crippen molar-refractivity contribution < 1.29 is 14.0 Å². The summed E-state index contributed by atoms with van der Waals surface area (Å²) in [7, 11) is 2.04. The minimum absolute atomic E-state index is 0.109. The van der Waals surface area contributed by atoms with Gasteiger partial charge in [-0.2, -0.15) is 0 Å². The van der Waals surface area contributed by atoms with E-state index >= 15 is 0 Å². The molecule has 0 bridgehead atoms. The van der Waals surface area contributed by atoms with Gasteiger partial charge in [0.15, 0.2) is 5.82 Å². The number of nitrogens with one attached hydrogen (secondary N) is 2. The molecule has 2 amide bonds. The van der Waals surface area contributed by atoms with Crippen LogP contribution in [0.5, 0.6) is 0 Å². The largest absolute Gasteiger partial charge is 0.385 e. The van der Waals surface area contributed by atoms with Crippen molar-refractivity contribution in [2.75, 3.05) is 56.5 Å². The van der Waals surface area contributed by atoms with Gasteiger partial charge in [-0.3, -0.25) is 20.0 Å². The number of aromatic nitrogens is 1. The summed E-state index contributed by atoms with van der Waals surface area (Å²) in [6.07, 6.45) is 3.52. The second-order valence-corrected chi connectivity index (χ2v) is 8.11. The third kappa shape index (κ3) is 5.07. The molecule has 2 aliphatic heterocycles. The van der Waals surface area contributed by atoms with Gasteiger partial charge in [-0.25, -0.2) is 4.39 Å². The molecular formula is C20H30FN9O2. The van der Waals surface area contributed by atoms with Crippen molar-refractivity contribution >= 4 is 29.0 Å². The highest BCUT2D eigenvalue weighted by Gasteiger charge is 2.32. The number of carbonyl (C=O) groups is 2. The van der Waals surface area contributed by atoms with E-state index in [9.17, 15) is 14.0 Å². The number of carbonyl (C=O) groups excluding carboxylic acids is 2. The van der Waals surface area contributed by atoms with Gasteiger partial charge >= 0.3 is 0 Å². The van der Waals surface area contributed by atoms with Gasteiger partial charge in [0.25, 0.3) is 5.91 Å². The van der Waals surface area contributed by atoms with E-state index in [2.05, 4.69) is 15.2 Å². The molecule has 8 N–H and O–H groups in total. The summed E-state index contributed by atoms with van der Waals surface area (Å²) in [5, 5.41) is 9.99. The second-order valence-electron chi connectivity index (χ2n) is 8.11. The molecular weight excluding hydrogens is 417 g/mol. The third-order valence-corrected chi connectivity index (χ3v) is 5.88. The van der Waals surface area contributed by atoms with E-state index in [0.717, 1.165) is 32.4 Å². The number of hydrogen-bond acceptors (Lipinski definition) is 8. The number of hydrogen-bond donors (Lipinski definition) is 5. The summed E-state index contributed by atoms with van der Waals surface area (Å²) in [5.74, 6) is -2.41. The van der Waals surface area contributed by atoms with Crippen LogP contribution in [0, 0.1) is 17.1 Å². The molecule has 2 aliphatic rings. The quantitative estimate of drug-likeness (QED) is 0.222. The number of halogens is 1. The van der Waals surface area contributed by atoms with Crippen molar-refractivity contribution in [1.82, 2.24) is 14.8 Å². The van der Waals surface area contributed by atoms with Crippen LogP contribution in [0.25, 0.3) is 0 Å². The maximum absolute atomic E-state index is 14.7. The molecule has 2 fully saturated rings. The summed E-state index contributed by atoms with van der Waals surface area (Å²) in [6, 6.07) is 0. The Morgan fingerprint density at radius 3 is 2.28 bits per heavy atom. The predicted molar refractivity (Wildman–Crippen MR) is 119 cm³/mol. The van der Waals surface area contributed by atoms with Crippen molar-refractivity contribution in [3.8, 4) is 0 Å². The maximum Gasteiger partial charge on any atom is 0.263 e. The van der Waals surface area contributed by atoms with Gasteiger partial charge in [0.1, 0.15) is 22.9 Å². The Balaban J connectivity index is 1.70. The number of piperidine rings is 1. The Kier molecular flexibility index (Phi) is 7.13. The number of rotatable bonds is 5. The lowest BCUT2D eigenvalue weighted by molar-refractivity contribution is -0.137. The topological polar surface area (TPSA) is 171 Å². The zero-order valence-corrected chi connectivity index (χ0v) is 18.1. The molecule has 0 radical (unpaired) electrons. The van der Waals surface area contributed by atoms with E-state index in [1.54, 1.807) is 4.90 Å². The molecule has 0 aromatic carbocycles. The Bertz CT molecular complexity index is 916. The third-order valence-electron chi connectivity index (χ3n) is 5.88. The SMILES string of the molecule is CN1CCN(C(=O)C2CCN(c3c(F)cncc3NC(=O)C(C(=N)N)=C(N)N)CC2)CC1.